The average molecular weight is 302 g/mol. The van der Waals surface area contributed by atoms with Gasteiger partial charge in [-0.15, -0.1) is 6.58 Å². The number of ether oxygens (including phenoxy) is 5. The fourth-order valence-electron chi connectivity index (χ4n) is 2.58. The van der Waals surface area contributed by atoms with E-state index in [2.05, 4.69) is 6.58 Å². The standard InChI is InChI=1S/C15H26O6/c1-6-7-17-13(11-9-19-15(4,5)21-11)12(16)10-8-18-14(2,3)20-10/h6,10-13,16H,1,7-9H2,2-5H3/t10?,11?,12-,13+/m0/s1. The minimum Gasteiger partial charge on any atom is -0.387 e. The Morgan fingerprint density at radius 3 is 2.10 bits per heavy atom. The topological polar surface area (TPSA) is 66.4 Å². The quantitative estimate of drug-likeness (QED) is 0.744. The van der Waals surface area contributed by atoms with Crippen molar-refractivity contribution < 1.29 is 28.8 Å². The Hall–Kier alpha value is -0.500. The number of hydrogen-bond acceptors (Lipinski definition) is 6. The first kappa shape index (κ1) is 16.9. The van der Waals surface area contributed by atoms with Crippen LogP contribution < -0.4 is 0 Å². The van der Waals surface area contributed by atoms with E-state index in [4.69, 9.17) is 23.7 Å². The van der Waals surface area contributed by atoms with E-state index in [1.54, 1.807) is 6.08 Å². The zero-order valence-corrected chi connectivity index (χ0v) is 13.2. The summed E-state index contributed by atoms with van der Waals surface area (Å²) in [5.74, 6) is -1.37. The molecule has 6 heteroatoms. The summed E-state index contributed by atoms with van der Waals surface area (Å²) in [7, 11) is 0. The van der Waals surface area contributed by atoms with Crippen molar-refractivity contribution in [3.63, 3.8) is 0 Å². The summed E-state index contributed by atoms with van der Waals surface area (Å²) < 4.78 is 28.3. The molecule has 0 aliphatic carbocycles. The summed E-state index contributed by atoms with van der Waals surface area (Å²) in [6, 6.07) is 0. The molecule has 4 atom stereocenters. The molecule has 1 N–H and O–H groups in total. The van der Waals surface area contributed by atoms with Gasteiger partial charge in [-0.25, -0.2) is 0 Å². The first-order valence-corrected chi connectivity index (χ1v) is 7.28. The van der Waals surface area contributed by atoms with E-state index in [1.165, 1.54) is 0 Å². The Kier molecular flexibility index (Phi) is 5.07. The predicted molar refractivity (Wildman–Crippen MR) is 75.8 cm³/mol. The van der Waals surface area contributed by atoms with E-state index in [0.717, 1.165) is 0 Å². The zero-order chi connectivity index (χ0) is 15.7. The SMILES string of the molecule is C=CCO[C@H](C1COC(C)(C)O1)[C@@H](O)C1COC(C)(C)O1. The van der Waals surface area contributed by atoms with Crippen molar-refractivity contribution >= 4 is 0 Å². The third-order valence-electron chi connectivity index (χ3n) is 3.55. The smallest absolute Gasteiger partial charge is 0.163 e. The fraction of sp³-hybridized carbons (Fsp3) is 0.867. The van der Waals surface area contributed by atoms with E-state index in [0.29, 0.717) is 19.8 Å². The summed E-state index contributed by atoms with van der Waals surface area (Å²) >= 11 is 0. The lowest BCUT2D eigenvalue weighted by atomic mass is 10.0. The molecule has 2 rings (SSSR count). The minimum absolute atomic E-state index is 0.318. The van der Waals surface area contributed by atoms with Crippen molar-refractivity contribution in [3.8, 4) is 0 Å². The Bertz CT molecular complexity index is 367. The first-order chi connectivity index (χ1) is 9.74. The van der Waals surface area contributed by atoms with Crippen LogP contribution in [0.5, 0.6) is 0 Å². The largest absolute Gasteiger partial charge is 0.387 e. The summed E-state index contributed by atoms with van der Waals surface area (Å²) in [6.45, 7) is 11.9. The van der Waals surface area contributed by atoms with Gasteiger partial charge in [-0.05, 0) is 27.7 Å². The second kappa shape index (κ2) is 6.32. The van der Waals surface area contributed by atoms with Gasteiger partial charge in [0.25, 0.3) is 0 Å². The highest BCUT2D eigenvalue weighted by molar-refractivity contribution is 4.90. The minimum atomic E-state index is -0.866. The lowest BCUT2D eigenvalue weighted by Gasteiger charge is -2.31. The summed E-state index contributed by atoms with van der Waals surface area (Å²) in [6.07, 6.45) is -0.609. The highest BCUT2D eigenvalue weighted by atomic mass is 16.8. The second-order valence-corrected chi connectivity index (χ2v) is 6.31. The molecule has 0 spiro atoms. The summed E-state index contributed by atoms with van der Waals surface area (Å²) in [5, 5.41) is 10.6. The molecule has 0 aromatic heterocycles. The van der Waals surface area contributed by atoms with Crippen molar-refractivity contribution in [2.24, 2.45) is 0 Å². The molecule has 0 amide bonds. The van der Waals surface area contributed by atoms with Gasteiger partial charge in [-0.2, -0.15) is 0 Å². The monoisotopic (exact) mass is 302 g/mol. The molecule has 2 heterocycles. The molecule has 2 aliphatic heterocycles. The van der Waals surface area contributed by atoms with Crippen LogP contribution in [0.2, 0.25) is 0 Å². The molecule has 122 valence electrons. The van der Waals surface area contributed by atoms with Gasteiger partial charge in [0, 0.05) is 0 Å². The molecule has 0 radical (unpaired) electrons. The van der Waals surface area contributed by atoms with Crippen LogP contribution >= 0.6 is 0 Å². The Morgan fingerprint density at radius 2 is 1.67 bits per heavy atom. The van der Waals surface area contributed by atoms with Crippen molar-refractivity contribution in [2.45, 2.75) is 63.7 Å². The molecule has 21 heavy (non-hydrogen) atoms. The zero-order valence-electron chi connectivity index (χ0n) is 13.2. The van der Waals surface area contributed by atoms with Crippen molar-refractivity contribution in [2.75, 3.05) is 19.8 Å². The Balaban J connectivity index is 2.03. The maximum Gasteiger partial charge on any atom is 0.163 e. The molecule has 0 bridgehead atoms. The van der Waals surface area contributed by atoms with Crippen LogP contribution in [0.1, 0.15) is 27.7 Å². The van der Waals surface area contributed by atoms with Gasteiger partial charge in [0.1, 0.15) is 24.4 Å². The van der Waals surface area contributed by atoms with E-state index in [9.17, 15) is 5.11 Å². The van der Waals surface area contributed by atoms with Crippen LogP contribution in [0.4, 0.5) is 0 Å². The van der Waals surface area contributed by atoms with Crippen LogP contribution in [0.3, 0.4) is 0 Å². The van der Waals surface area contributed by atoms with Crippen LogP contribution in [0.25, 0.3) is 0 Å². The molecule has 0 aromatic carbocycles. The molecule has 0 saturated carbocycles. The number of rotatable bonds is 6. The van der Waals surface area contributed by atoms with E-state index < -0.39 is 29.9 Å². The van der Waals surface area contributed by atoms with Crippen molar-refractivity contribution in [1.82, 2.24) is 0 Å². The third-order valence-corrected chi connectivity index (χ3v) is 3.55. The third kappa shape index (κ3) is 4.25. The van der Waals surface area contributed by atoms with E-state index >= 15 is 0 Å². The molecular formula is C15H26O6. The lowest BCUT2D eigenvalue weighted by molar-refractivity contribution is -0.191. The second-order valence-electron chi connectivity index (χ2n) is 6.31. The van der Waals surface area contributed by atoms with Gasteiger partial charge in [0.05, 0.1) is 19.8 Å². The molecule has 6 nitrogen and oxygen atoms in total. The molecular weight excluding hydrogens is 276 g/mol. The van der Waals surface area contributed by atoms with Gasteiger partial charge in [-0.3, -0.25) is 0 Å². The van der Waals surface area contributed by atoms with Gasteiger partial charge in [0.2, 0.25) is 0 Å². The van der Waals surface area contributed by atoms with Crippen LogP contribution in [-0.2, 0) is 23.7 Å². The molecule has 2 aliphatic rings. The normalized spacial score (nSPS) is 33.8. The molecule has 2 saturated heterocycles. The van der Waals surface area contributed by atoms with Crippen molar-refractivity contribution in [3.05, 3.63) is 12.7 Å². The molecule has 2 unspecified atom stereocenters. The van der Waals surface area contributed by atoms with E-state index in [1.807, 2.05) is 27.7 Å². The van der Waals surface area contributed by atoms with Gasteiger partial charge < -0.3 is 28.8 Å². The molecule has 0 aromatic rings. The number of hydrogen-bond donors (Lipinski definition) is 1. The molecule has 2 fully saturated rings. The maximum atomic E-state index is 10.6. The van der Waals surface area contributed by atoms with Crippen LogP contribution in [0, 0.1) is 0 Å². The van der Waals surface area contributed by atoms with E-state index in [-0.39, 0.29) is 6.10 Å². The van der Waals surface area contributed by atoms with Gasteiger partial charge >= 0.3 is 0 Å². The van der Waals surface area contributed by atoms with Crippen molar-refractivity contribution in [1.29, 1.82) is 0 Å². The summed E-state index contributed by atoms with van der Waals surface area (Å²) in [4.78, 5) is 0. The Labute approximate surface area is 126 Å². The Morgan fingerprint density at radius 1 is 1.14 bits per heavy atom. The highest BCUT2D eigenvalue weighted by Gasteiger charge is 2.46. The lowest BCUT2D eigenvalue weighted by Crippen LogP contribution is -2.48. The van der Waals surface area contributed by atoms with Gasteiger partial charge in [0.15, 0.2) is 11.6 Å². The number of aliphatic hydroxyl groups is 1. The van der Waals surface area contributed by atoms with Crippen LogP contribution in [0.15, 0.2) is 12.7 Å². The summed E-state index contributed by atoms with van der Waals surface area (Å²) in [5.41, 5.74) is 0. The van der Waals surface area contributed by atoms with Gasteiger partial charge in [-0.1, -0.05) is 6.08 Å². The van der Waals surface area contributed by atoms with Crippen LogP contribution in [-0.4, -0.2) is 60.9 Å². The predicted octanol–water partition coefficient (Wildman–Crippen LogP) is 1.22. The first-order valence-electron chi connectivity index (χ1n) is 7.28. The fourth-order valence-corrected chi connectivity index (χ4v) is 2.58. The average Bonchev–Trinajstić information content (AvgIpc) is 2.92. The highest BCUT2D eigenvalue weighted by Crippen LogP contribution is 2.31. The number of aliphatic hydroxyl groups excluding tert-OH is 1. The maximum absolute atomic E-state index is 10.6.